The fourth-order valence-corrected chi connectivity index (χ4v) is 10.00. The third kappa shape index (κ3) is 53.0. The van der Waals surface area contributed by atoms with Crippen LogP contribution in [-0.4, -0.2) is 68.5 Å². The molecular formula is C59H119N2O6P. The Bertz CT molecular complexity index is 1120. The summed E-state index contributed by atoms with van der Waals surface area (Å²) in [5.41, 5.74) is 0. The van der Waals surface area contributed by atoms with Gasteiger partial charge in [0.2, 0.25) is 5.91 Å². The van der Waals surface area contributed by atoms with E-state index in [2.05, 4.69) is 31.3 Å². The number of allylic oxidation sites excluding steroid dienone is 2. The predicted molar refractivity (Wildman–Crippen MR) is 293 cm³/mol. The number of aliphatic hydroxyl groups excluding tert-OH is 1. The molecule has 3 atom stereocenters. The normalized spacial score (nSPS) is 13.9. The molecule has 0 bridgehead atoms. The van der Waals surface area contributed by atoms with E-state index in [-0.39, 0.29) is 19.1 Å². The minimum absolute atomic E-state index is 0.0149. The van der Waals surface area contributed by atoms with Gasteiger partial charge in [-0.25, -0.2) is 0 Å². The Labute approximate surface area is 424 Å². The fourth-order valence-electron chi connectivity index (χ4n) is 9.27. The monoisotopic (exact) mass is 983 g/mol. The molecule has 0 aromatic heterocycles. The number of nitrogens with one attached hydrogen (secondary N) is 1. The average Bonchev–Trinajstić information content (AvgIpc) is 3.30. The van der Waals surface area contributed by atoms with Gasteiger partial charge in [-0.3, -0.25) is 9.36 Å². The van der Waals surface area contributed by atoms with Crippen molar-refractivity contribution >= 4 is 13.7 Å². The van der Waals surface area contributed by atoms with Crippen LogP contribution in [0.5, 0.6) is 0 Å². The largest absolute Gasteiger partial charge is 0.756 e. The molecule has 0 aromatic rings. The molecule has 0 aliphatic carbocycles. The molecule has 1 amide bonds. The van der Waals surface area contributed by atoms with Crippen LogP contribution in [-0.2, 0) is 18.4 Å². The number of amides is 1. The van der Waals surface area contributed by atoms with Crippen molar-refractivity contribution in [3.63, 3.8) is 0 Å². The summed E-state index contributed by atoms with van der Waals surface area (Å²) in [5.74, 6) is -0.163. The highest BCUT2D eigenvalue weighted by atomic mass is 31.2. The van der Waals surface area contributed by atoms with Crippen LogP contribution in [0.25, 0.3) is 0 Å². The molecule has 0 heterocycles. The molecule has 0 aliphatic heterocycles. The van der Waals surface area contributed by atoms with Gasteiger partial charge in [0.15, 0.2) is 0 Å². The lowest BCUT2D eigenvalue weighted by Gasteiger charge is -2.30. The first-order valence-corrected chi connectivity index (χ1v) is 31.5. The van der Waals surface area contributed by atoms with Crippen molar-refractivity contribution < 1.29 is 32.9 Å². The molecule has 0 saturated heterocycles. The van der Waals surface area contributed by atoms with Crippen LogP contribution in [0, 0.1) is 0 Å². The zero-order valence-electron chi connectivity index (χ0n) is 46.3. The lowest BCUT2D eigenvalue weighted by molar-refractivity contribution is -0.870. The van der Waals surface area contributed by atoms with Crippen molar-refractivity contribution in [3.8, 4) is 0 Å². The van der Waals surface area contributed by atoms with Gasteiger partial charge >= 0.3 is 0 Å². The van der Waals surface area contributed by atoms with E-state index in [9.17, 15) is 19.4 Å². The van der Waals surface area contributed by atoms with Gasteiger partial charge in [-0.2, -0.15) is 0 Å². The van der Waals surface area contributed by atoms with E-state index in [1.54, 1.807) is 0 Å². The molecule has 0 fully saturated rings. The van der Waals surface area contributed by atoms with E-state index in [1.165, 1.54) is 244 Å². The van der Waals surface area contributed by atoms with Gasteiger partial charge in [0.1, 0.15) is 13.2 Å². The Morgan fingerprint density at radius 1 is 0.500 bits per heavy atom. The molecule has 8 nitrogen and oxygen atoms in total. The van der Waals surface area contributed by atoms with Gasteiger partial charge in [-0.05, 0) is 38.5 Å². The average molecular weight is 984 g/mol. The number of rotatable bonds is 56. The number of nitrogens with zero attached hydrogens (tertiary/aromatic N) is 1. The first-order chi connectivity index (χ1) is 33.0. The van der Waals surface area contributed by atoms with Crippen LogP contribution >= 0.6 is 7.82 Å². The minimum atomic E-state index is -4.55. The second kappa shape index (κ2) is 51.2. The maximum absolute atomic E-state index is 12.9. The van der Waals surface area contributed by atoms with E-state index >= 15 is 0 Å². The summed E-state index contributed by atoms with van der Waals surface area (Å²) >= 11 is 0. The summed E-state index contributed by atoms with van der Waals surface area (Å²) in [4.78, 5) is 25.3. The molecule has 0 radical (unpaired) electrons. The lowest BCUT2D eigenvalue weighted by atomic mass is 10.0. The molecule has 406 valence electrons. The number of carbonyl (C=O) groups is 1. The molecule has 0 aromatic carbocycles. The number of hydrogen-bond donors (Lipinski definition) is 2. The number of aliphatic hydroxyl groups is 1. The third-order valence-corrected chi connectivity index (χ3v) is 15.0. The molecular weight excluding hydrogens is 864 g/mol. The summed E-state index contributed by atoms with van der Waals surface area (Å²) in [6.45, 7) is 4.70. The van der Waals surface area contributed by atoms with Crippen LogP contribution in [0.3, 0.4) is 0 Å². The Morgan fingerprint density at radius 2 is 0.809 bits per heavy atom. The molecule has 0 saturated carbocycles. The summed E-state index contributed by atoms with van der Waals surface area (Å²) in [6.07, 6.45) is 63.2. The summed E-state index contributed by atoms with van der Waals surface area (Å²) in [5, 5.41) is 13.8. The quantitative estimate of drug-likeness (QED) is 0.0272. The van der Waals surface area contributed by atoms with E-state index in [0.717, 1.165) is 38.5 Å². The van der Waals surface area contributed by atoms with Gasteiger partial charge in [0, 0.05) is 6.42 Å². The number of quaternary nitrogens is 1. The van der Waals surface area contributed by atoms with Crippen LogP contribution in [0.15, 0.2) is 12.2 Å². The molecule has 9 heteroatoms. The highest BCUT2D eigenvalue weighted by molar-refractivity contribution is 7.45. The minimum Gasteiger partial charge on any atom is -0.756 e. The molecule has 2 N–H and O–H groups in total. The zero-order valence-corrected chi connectivity index (χ0v) is 47.2. The molecule has 3 unspecified atom stereocenters. The first-order valence-electron chi connectivity index (χ1n) is 30.0. The van der Waals surface area contributed by atoms with Crippen molar-refractivity contribution in [2.75, 3.05) is 40.9 Å². The van der Waals surface area contributed by atoms with Crippen LogP contribution in [0.4, 0.5) is 0 Å². The molecule has 0 spiro atoms. The van der Waals surface area contributed by atoms with Crippen molar-refractivity contribution in [2.24, 2.45) is 0 Å². The van der Waals surface area contributed by atoms with Crippen molar-refractivity contribution in [1.29, 1.82) is 0 Å². The van der Waals surface area contributed by atoms with E-state index in [1.807, 2.05) is 21.1 Å². The Morgan fingerprint density at radius 3 is 1.15 bits per heavy atom. The molecule has 68 heavy (non-hydrogen) atoms. The maximum atomic E-state index is 12.9. The first kappa shape index (κ1) is 67.2. The Balaban J connectivity index is 3.69. The van der Waals surface area contributed by atoms with E-state index < -0.39 is 20.0 Å². The summed E-state index contributed by atoms with van der Waals surface area (Å²) < 4.78 is 23.2. The van der Waals surface area contributed by atoms with Crippen molar-refractivity contribution in [1.82, 2.24) is 5.32 Å². The SMILES string of the molecule is CCCCCCCCCC/C=C\CCCCCCCCCCCCCCCCCCCCCCCCCCCCCC(=O)NC(COP(=O)([O-])OCC[N+](C)(C)C)C(O)CCCCCCCCC. The molecule has 0 rings (SSSR count). The topological polar surface area (TPSA) is 108 Å². The number of phosphoric acid groups is 1. The third-order valence-electron chi connectivity index (χ3n) is 14.0. The van der Waals surface area contributed by atoms with Gasteiger partial charge < -0.3 is 28.8 Å². The van der Waals surface area contributed by atoms with Crippen molar-refractivity contribution in [3.05, 3.63) is 12.2 Å². The highest BCUT2D eigenvalue weighted by Crippen LogP contribution is 2.38. The Hall–Kier alpha value is -0.760. The summed E-state index contributed by atoms with van der Waals surface area (Å²) in [6, 6.07) is -0.793. The maximum Gasteiger partial charge on any atom is 0.268 e. The second-order valence-electron chi connectivity index (χ2n) is 22.1. The number of carbonyl (C=O) groups excluding carboxylic acids is 1. The number of hydrogen-bond acceptors (Lipinski definition) is 6. The smallest absolute Gasteiger partial charge is 0.268 e. The van der Waals surface area contributed by atoms with Gasteiger partial charge in [-0.15, -0.1) is 0 Å². The number of phosphoric ester groups is 1. The molecule has 0 aliphatic rings. The predicted octanol–water partition coefficient (Wildman–Crippen LogP) is 17.6. The lowest BCUT2D eigenvalue weighted by Crippen LogP contribution is -2.46. The van der Waals surface area contributed by atoms with Crippen LogP contribution in [0.1, 0.15) is 309 Å². The van der Waals surface area contributed by atoms with Crippen molar-refractivity contribution in [2.45, 2.75) is 321 Å². The van der Waals surface area contributed by atoms with Gasteiger partial charge in [0.25, 0.3) is 7.82 Å². The van der Waals surface area contributed by atoms with Gasteiger partial charge in [0.05, 0.1) is 39.9 Å². The second-order valence-corrected chi connectivity index (χ2v) is 23.5. The van der Waals surface area contributed by atoms with E-state index in [4.69, 9.17) is 9.05 Å². The van der Waals surface area contributed by atoms with Crippen LogP contribution in [0.2, 0.25) is 0 Å². The highest BCUT2D eigenvalue weighted by Gasteiger charge is 2.24. The zero-order chi connectivity index (χ0) is 49.9. The van der Waals surface area contributed by atoms with Crippen LogP contribution < -0.4 is 10.2 Å². The Kier molecular flexibility index (Phi) is 50.6. The fraction of sp³-hybridized carbons (Fsp3) is 0.949. The number of likely N-dealkylation sites (N-methyl/N-ethyl adjacent to an activating group) is 1. The van der Waals surface area contributed by atoms with E-state index in [0.29, 0.717) is 23.9 Å². The standard InChI is InChI=1S/C59H119N2O6P/c1-6-8-10-12-14-15-16-17-18-19-20-21-22-23-24-25-26-27-28-29-30-31-32-33-34-35-36-37-38-39-40-41-42-43-44-45-47-49-51-53-59(63)60-57(58(62)52-50-48-46-13-11-9-7-2)56-67-68(64,65)66-55-54-61(3,4)5/h19-20,57-58,62H,6-18,21-56H2,1-5H3,(H-,60,63,64,65)/b20-19-. The van der Waals surface area contributed by atoms with Gasteiger partial charge in [-0.1, -0.05) is 276 Å². The summed E-state index contributed by atoms with van der Waals surface area (Å²) in [7, 11) is 1.32. The number of unbranched alkanes of at least 4 members (excludes halogenated alkanes) is 41.